The van der Waals surface area contributed by atoms with Crippen LogP contribution < -0.4 is 9.47 Å². The lowest BCUT2D eigenvalue weighted by Gasteiger charge is -2.20. The first-order valence-electron chi connectivity index (χ1n) is 8.57. The van der Waals surface area contributed by atoms with E-state index in [9.17, 15) is 0 Å². The summed E-state index contributed by atoms with van der Waals surface area (Å²) in [5.74, 6) is 1.70. The van der Waals surface area contributed by atoms with Crippen molar-refractivity contribution in [1.29, 1.82) is 0 Å². The number of methoxy groups -OCH3 is 1. The van der Waals surface area contributed by atoms with Crippen LogP contribution in [0.3, 0.4) is 0 Å². The molecule has 0 aliphatic rings. The quantitative estimate of drug-likeness (QED) is 0.561. The molecule has 0 fully saturated rings. The second kappa shape index (κ2) is 7.87. The summed E-state index contributed by atoms with van der Waals surface area (Å²) in [5.41, 5.74) is 1.34. The van der Waals surface area contributed by atoms with Crippen molar-refractivity contribution in [3.8, 4) is 11.5 Å². The zero-order valence-corrected chi connectivity index (χ0v) is 14.4. The van der Waals surface area contributed by atoms with E-state index in [1.165, 1.54) is 16.3 Å². The van der Waals surface area contributed by atoms with E-state index in [-0.39, 0.29) is 6.10 Å². The van der Waals surface area contributed by atoms with E-state index in [0.29, 0.717) is 0 Å². The molecule has 1 atom stereocenters. The summed E-state index contributed by atoms with van der Waals surface area (Å²) in [6, 6.07) is 22.9. The molecule has 0 aromatic heterocycles. The standard InChI is InChI=1S/C22H24O2/c1-3-8-20(24-21-13-7-12-19(16-21)23-2)15-18-11-6-10-17-9-4-5-14-22(17)18/h4-7,9-14,16,20H,3,8,15H2,1-2H3. The minimum atomic E-state index is 0.160. The molecular weight excluding hydrogens is 296 g/mol. The normalized spacial score (nSPS) is 12.1. The predicted molar refractivity (Wildman–Crippen MR) is 100.0 cm³/mol. The molecule has 0 spiro atoms. The molecular formula is C22H24O2. The Morgan fingerprint density at radius 1 is 0.875 bits per heavy atom. The van der Waals surface area contributed by atoms with E-state index < -0.39 is 0 Å². The van der Waals surface area contributed by atoms with Crippen LogP contribution in [0.5, 0.6) is 11.5 Å². The van der Waals surface area contributed by atoms with Gasteiger partial charge in [0.1, 0.15) is 17.6 Å². The molecule has 0 aliphatic heterocycles. The van der Waals surface area contributed by atoms with Crippen LogP contribution in [0.1, 0.15) is 25.3 Å². The number of ether oxygens (including phenoxy) is 2. The van der Waals surface area contributed by atoms with Gasteiger partial charge < -0.3 is 9.47 Å². The highest BCUT2D eigenvalue weighted by Gasteiger charge is 2.13. The summed E-state index contributed by atoms with van der Waals surface area (Å²) in [6.07, 6.45) is 3.19. The number of rotatable bonds is 7. The molecule has 2 nitrogen and oxygen atoms in total. The van der Waals surface area contributed by atoms with E-state index in [1.54, 1.807) is 7.11 Å². The van der Waals surface area contributed by atoms with Crippen LogP contribution in [-0.2, 0) is 6.42 Å². The molecule has 124 valence electrons. The van der Waals surface area contributed by atoms with E-state index in [0.717, 1.165) is 30.8 Å². The minimum absolute atomic E-state index is 0.160. The Balaban J connectivity index is 1.82. The first-order valence-corrected chi connectivity index (χ1v) is 8.57. The van der Waals surface area contributed by atoms with Crippen molar-refractivity contribution in [2.24, 2.45) is 0 Å². The zero-order chi connectivity index (χ0) is 16.8. The second-order valence-electron chi connectivity index (χ2n) is 6.05. The third kappa shape index (κ3) is 3.88. The largest absolute Gasteiger partial charge is 0.497 e. The molecule has 0 N–H and O–H groups in total. The van der Waals surface area contributed by atoms with Gasteiger partial charge in [0.05, 0.1) is 7.11 Å². The van der Waals surface area contributed by atoms with Crippen LogP contribution >= 0.6 is 0 Å². The third-order valence-electron chi connectivity index (χ3n) is 4.28. The molecule has 0 radical (unpaired) electrons. The highest BCUT2D eigenvalue weighted by molar-refractivity contribution is 5.85. The Labute approximate surface area is 144 Å². The van der Waals surface area contributed by atoms with Gasteiger partial charge in [0.25, 0.3) is 0 Å². The molecule has 24 heavy (non-hydrogen) atoms. The average Bonchev–Trinajstić information content (AvgIpc) is 2.62. The molecule has 3 aromatic rings. The maximum Gasteiger partial charge on any atom is 0.123 e. The van der Waals surface area contributed by atoms with Crippen LogP contribution in [0, 0.1) is 0 Å². The van der Waals surface area contributed by atoms with Gasteiger partial charge in [0.2, 0.25) is 0 Å². The number of fused-ring (bicyclic) bond motifs is 1. The van der Waals surface area contributed by atoms with Gasteiger partial charge in [-0.25, -0.2) is 0 Å². The summed E-state index contributed by atoms with van der Waals surface area (Å²) in [6.45, 7) is 2.20. The molecule has 0 saturated heterocycles. The van der Waals surface area contributed by atoms with Gasteiger partial charge in [0.15, 0.2) is 0 Å². The fraction of sp³-hybridized carbons (Fsp3) is 0.273. The zero-order valence-electron chi connectivity index (χ0n) is 14.4. The molecule has 1 unspecified atom stereocenters. The van der Waals surface area contributed by atoms with Crippen molar-refractivity contribution in [3.63, 3.8) is 0 Å². The summed E-state index contributed by atoms with van der Waals surface area (Å²) < 4.78 is 11.6. The summed E-state index contributed by atoms with van der Waals surface area (Å²) in [5, 5.41) is 2.60. The maximum absolute atomic E-state index is 6.27. The van der Waals surface area contributed by atoms with Crippen molar-refractivity contribution in [2.45, 2.75) is 32.3 Å². The van der Waals surface area contributed by atoms with Crippen molar-refractivity contribution in [2.75, 3.05) is 7.11 Å². The molecule has 3 aromatic carbocycles. The van der Waals surface area contributed by atoms with Gasteiger partial charge in [-0.1, -0.05) is 61.9 Å². The van der Waals surface area contributed by atoms with Crippen LogP contribution in [0.15, 0.2) is 66.7 Å². The monoisotopic (exact) mass is 320 g/mol. The molecule has 3 rings (SSSR count). The van der Waals surface area contributed by atoms with E-state index >= 15 is 0 Å². The van der Waals surface area contributed by atoms with Gasteiger partial charge in [0, 0.05) is 12.5 Å². The van der Waals surface area contributed by atoms with Crippen LogP contribution in [0.25, 0.3) is 10.8 Å². The Bertz CT molecular complexity index is 789. The molecule has 0 amide bonds. The first kappa shape index (κ1) is 16.4. The number of hydrogen-bond donors (Lipinski definition) is 0. The van der Waals surface area contributed by atoms with Crippen molar-refractivity contribution in [1.82, 2.24) is 0 Å². The molecule has 2 heteroatoms. The van der Waals surface area contributed by atoms with Gasteiger partial charge in [-0.05, 0) is 34.9 Å². The van der Waals surface area contributed by atoms with Gasteiger partial charge >= 0.3 is 0 Å². The maximum atomic E-state index is 6.27. The molecule has 0 heterocycles. The SMILES string of the molecule is CCCC(Cc1cccc2ccccc12)Oc1cccc(OC)c1. The molecule has 0 bridgehead atoms. The van der Waals surface area contributed by atoms with Gasteiger partial charge in [-0.2, -0.15) is 0 Å². The Kier molecular flexibility index (Phi) is 5.37. The van der Waals surface area contributed by atoms with E-state index in [1.807, 2.05) is 24.3 Å². The summed E-state index contributed by atoms with van der Waals surface area (Å²) in [7, 11) is 1.68. The van der Waals surface area contributed by atoms with Crippen molar-refractivity contribution in [3.05, 3.63) is 72.3 Å². The lowest BCUT2D eigenvalue weighted by molar-refractivity contribution is 0.190. The highest BCUT2D eigenvalue weighted by atomic mass is 16.5. The Morgan fingerprint density at radius 2 is 1.62 bits per heavy atom. The fourth-order valence-electron chi connectivity index (χ4n) is 3.11. The second-order valence-corrected chi connectivity index (χ2v) is 6.05. The van der Waals surface area contributed by atoms with Crippen LogP contribution in [-0.4, -0.2) is 13.2 Å². The topological polar surface area (TPSA) is 18.5 Å². The van der Waals surface area contributed by atoms with Gasteiger partial charge in [-0.3, -0.25) is 0 Å². The number of benzene rings is 3. The van der Waals surface area contributed by atoms with Crippen LogP contribution in [0.4, 0.5) is 0 Å². The fourth-order valence-corrected chi connectivity index (χ4v) is 3.11. The predicted octanol–water partition coefficient (Wildman–Crippen LogP) is 5.64. The summed E-state index contributed by atoms with van der Waals surface area (Å²) >= 11 is 0. The third-order valence-corrected chi connectivity index (χ3v) is 4.28. The van der Waals surface area contributed by atoms with Gasteiger partial charge in [-0.15, -0.1) is 0 Å². The highest BCUT2D eigenvalue weighted by Crippen LogP contribution is 2.25. The summed E-state index contributed by atoms with van der Waals surface area (Å²) in [4.78, 5) is 0. The van der Waals surface area contributed by atoms with Crippen LogP contribution in [0.2, 0.25) is 0 Å². The Morgan fingerprint density at radius 3 is 2.46 bits per heavy atom. The Hall–Kier alpha value is -2.48. The first-order chi connectivity index (χ1) is 11.8. The van der Waals surface area contributed by atoms with E-state index in [2.05, 4.69) is 49.4 Å². The van der Waals surface area contributed by atoms with Crippen molar-refractivity contribution >= 4 is 10.8 Å². The lowest BCUT2D eigenvalue weighted by atomic mass is 9.98. The lowest BCUT2D eigenvalue weighted by Crippen LogP contribution is -2.19. The van der Waals surface area contributed by atoms with Crippen molar-refractivity contribution < 1.29 is 9.47 Å². The molecule has 0 saturated carbocycles. The minimum Gasteiger partial charge on any atom is -0.497 e. The average molecular weight is 320 g/mol. The molecule has 0 aliphatic carbocycles. The number of hydrogen-bond acceptors (Lipinski definition) is 2. The van der Waals surface area contributed by atoms with E-state index in [4.69, 9.17) is 9.47 Å². The smallest absolute Gasteiger partial charge is 0.123 e.